The summed E-state index contributed by atoms with van der Waals surface area (Å²) in [6.07, 6.45) is 1.37. The highest BCUT2D eigenvalue weighted by Crippen LogP contribution is 2.23. The molecule has 0 heterocycles. The van der Waals surface area contributed by atoms with E-state index in [0.717, 1.165) is 6.42 Å². The molecular weight excluding hydrogens is 276 g/mol. The molecule has 0 bridgehead atoms. The van der Waals surface area contributed by atoms with Crippen LogP contribution in [-0.4, -0.2) is 10.6 Å². The lowest BCUT2D eigenvalue weighted by atomic mass is 9.86. The van der Waals surface area contributed by atoms with E-state index >= 15 is 0 Å². The average molecular weight is 297 g/mol. The number of carbonyl (C=O) groups is 1. The number of benzene rings is 1. The third kappa shape index (κ3) is 4.27. The van der Waals surface area contributed by atoms with Crippen LogP contribution < -0.4 is 0 Å². The van der Waals surface area contributed by atoms with Crippen molar-refractivity contribution in [3.63, 3.8) is 0 Å². The second kappa shape index (κ2) is 5.81. The number of hydrogen-bond acceptors (Lipinski definition) is 1. The third-order valence-electron chi connectivity index (χ3n) is 2.93. The molecule has 0 aromatic heterocycles. The molecule has 2 heteroatoms. The molecule has 0 fully saturated rings. The Hall–Kier alpha value is -0.630. The molecule has 0 saturated heterocycles. The van der Waals surface area contributed by atoms with Crippen LogP contribution in [-0.2, 0) is 16.6 Å². The average Bonchev–Trinajstić information content (AvgIpc) is 2.27. The highest BCUT2D eigenvalue weighted by atomic mass is 79.9. The predicted molar refractivity (Wildman–Crippen MR) is 76.9 cm³/mol. The van der Waals surface area contributed by atoms with Crippen LogP contribution in [0, 0.1) is 0 Å². The molecule has 1 unspecified atom stereocenters. The molecule has 1 aromatic rings. The summed E-state index contributed by atoms with van der Waals surface area (Å²) in [6.45, 7) is 8.51. The van der Waals surface area contributed by atoms with Gasteiger partial charge < -0.3 is 0 Å². The Balaban J connectivity index is 2.72. The van der Waals surface area contributed by atoms with Crippen molar-refractivity contribution < 1.29 is 4.79 Å². The van der Waals surface area contributed by atoms with Crippen LogP contribution in [0.3, 0.4) is 0 Å². The summed E-state index contributed by atoms with van der Waals surface area (Å²) in [5.41, 5.74) is 2.72. The van der Waals surface area contributed by atoms with Gasteiger partial charge in [0, 0.05) is 6.42 Å². The number of alkyl halides is 1. The van der Waals surface area contributed by atoms with E-state index in [1.165, 1.54) is 11.1 Å². The Morgan fingerprint density at radius 2 is 1.76 bits per heavy atom. The monoisotopic (exact) mass is 296 g/mol. The van der Waals surface area contributed by atoms with E-state index in [2.05, 4.69) is 61.0 Å². The van der Waals surface area contributed by atoms with E-state index < -0.39 is 0 Å². The molecule has 17 heavy (non-hydrogen) atoms. The minimum atomic E-state index is -0.0482. The number of hydrogen-bond donors (Lipinski definition) is 0. The summed E-state index contributed by atoms with van der Waals surface area (Å²) >= 11 is 3.45. The number of carbonyl (C=O) groups excluding carboxylic acids is 1. The Labute approximate surface area is 113 Å². The van der Waals surface area contributed by atoms with Gasteiger partial charge in [-0.15, -0.1) is 0 Å². The van der Waals surface area contributed by atoms with Crippen LogP contribution in [0.2, 0.25) is 0 Å². The highest BCUT2D eigenvalue weighted by molar-refractivity contribution is 9.10. The summed E-state index contributed by atoms with van der Waals surface area (Å²) in [7, 11) is 0. The lowest BCUT2D eigenvalue weighted by molar-refractivity contribution is -0.118. The highest BCUT2D eigenvalue weighted by Gasteiger charge is 2.15. The number of rotatable bonds is 4. The molecule has 0 aliphatic heterocycles. The van der Waals surface area contributed by atoms with E-state index in [1.54, 1.807) is 0 Å². The van der Waals surface area contributed by atoms with E-state index in [1.807, 2.05) is 6.92 Å². The van der Waals surface area contributed by atoms with E-state index in [0.29, 0.717) is 6.42 Å². The van der Waals surface area contributed by atoms with Crippen LogP contribution in [0.25, 0.3) is 0 Å². The summed E-state index contributed by atoms with van der Waals surface area (Å²) in [6, 6.07) is 8.56. The van der Waals surface area contributed by atoms with Gasteiger partial charge >= 0.3 is 0 Å². The first-order valence-corrected chi connectivity index (χ1v) is 7.02. The van der Waals surface area contributed by atoms with Gasteiger partial charge in [0.1, 0.15) is 5.78 Å². The molecule has 0 aliphatic carbocycles. The first kappa shape index (κ1) is 14.4. The van der Waals surface area contributed by atoms with Crippen molar-refractivity contribution in [2.45, 2.75) is 50.8 Å². The maximum Gasteiger partial charge on any atom is 0.146 e. The maximum atomic E-state index is 11.5. The minimum absolute atomic E-state index is 0.0482. The zero-order valence-corrected chi connectivity index (χ0v) is 12.7. The molecular formula is C15H21BrO. The summed E-state index contributed by atoms with van der Waals surface area (Å²) < 4.78 is 0. The molecule has 1 aromatic carbocycles. The molecule has 94 valence electrons. The molecule has 1 atom stereocenters. The fourth-order valence-corrected chi connectivity index (χ4v) is 2.38. The predicted octanol–water partition coefficient (Wildman–Crippen LogP) is 4.27. The lowest BCUT2D eigenvalue weighted by Crippen LogP contribution is -2.16. The van der Waals surface area contributed by atoms with Crippen molar-refractivity contribution >= 4 is 21.7 Å². The van der Waals surface area contributed by atoms with E-state index in [4.69, 9.17) is 0 Å². The first-order valence-electron chi connectivity index (χ1n) is 6.10. The van der Waals surface area contributed by atoms with Gasteiger partial charge in [-0.25, -0.2) is 0 Å². The Morgan fingerprint density at radius 1 is 1.24 bits per heavy atom. The zero-order chi connectivity index (χ0) is 13.1. The molecule has 0 aliphatic rings. The van der Waals surface area contributed by atoms with Crippen molar-refractivity contribution in [2.75, 3.05) is 0 Å². The molecule has 0 spiro atoms. The second-order valence-electron chi connectivity index (χ2n) is 5.44. The van der Waals surface area contributed by atoms with Crippen molar-refractivity contribution in [3.05, 3.63) is 35.4 Å². The number of Topliss-reactive ketones (excluding diaryl/α,β-unsaturated/α-hetero) is 1. The summed E-state index contributed by atoms with van der Waals surface area (Å²) in [4.78, 5) is 11.4. The van der Waals surface area contributed by atoms with Gasteiger partial charge in [0.2, 0.25) is 0 Å². The van der Waals surface area contributed by atoms with Crippen LogP contribution >= 0.6 is 15.9 Å². The topological polar surface area (TPSA) is 17.1 Å². The number of ketones is 1. The normalized spacial score (nSPS) is 13.5. The lowest BCUT2D eigenvalue weighted by Gasteiger charge is -2.19. The molecule has 1 rings (SSSR count). The zero-order valence-electron chi connectivity index (χ0n) is 11.1. The molecule has 1 nitrogen and oxygen atoms in total. The Kier molecular flexibility index (Phi) is 4.93. The molecule has 0 amide bonds. The fourth-order valence-electron chi connectivity index (χ4n) is 1.68. The molecule has 0 saturated carbocycles. The van der Waals surface area contributed by atoms with Crippen LogP contribution in [0.5, 0.6) is 0 Å². The second-order valence-corrected chi connectivity index (χ2v) is 6.54. The van der Waals surface area contributed by atoms with Gasteiger partial charge in [0.25, 0.3) is 0 Å². The molecule has 0 N–H and O–H groups in total. The van der Waals surface area contributed by atoms with Gasteiger partial charge in [-0.05, 0) is 23.0 Å². The first-order chi connectivity index (χ1) is 7.84. The molecule has 0 radical (unpaired) electrons. The van der Waals surface area contributed by atoms with E-state index in [9.17, 15) is 4.79 Å². The summed E-state index contributed by atoms with van der Waals surface area (Å²) in [5.74, 6) is 0.268. The minimum Gasteiger partial charge on any atom is -0.298 e. The van der Waals surface area contributed by atoms with Gasteiger partial charge in [-0.1, -0.05) is 67.9 Å². The van der Waals surface area contributed by atoms with Gasteiger partial charge in [0.15, 0.2) is 0 Å². The third-order valence-corrected chi connectivity index (χ3v) is 3.77. The van der Waals surface area contributed by atoms with Gasteiger partial charge in [-0.3, -0.25) is 4.79 Å². The largest absolute Gasteiger partial charge is 0.298 e. The summed E-state index contributed by atoms with van der Waals surface area (Å²) in [5, 5.41) is 0. The van der Waals surface area contributed by atoms with Crippen LogP contribution in [0.1, 0.15) is 45.2 Å². The van der Waals surface area contributed by atoms with Crippen molar-refractivity contribution in [2.24, 2.45) is 0 Å². The Morgan fingerprint density at radius 3 is 2.18 bits per heavy atom. The van der Waals surface area contributed by atoms with Crippen molar-refractivity contribution in [3.8, 4) is 0 Å². The Bertz CT molecular complexity index is 373. The fraction of sp³-hybridized carbons (Fsp3) is 0.533. The standard InChI is InChI=1S/C15H21BrO/c1-5-14(17)13(16)10-11-6-8-12(9-7-11)15(2,3)4/h6-9,13H,5,10H2,1-4H3. The smallest absolute Gasteiger partial charge is 0.146 e. The number of halogens is 1. The van der Waals surface area contributed by atoms with E-state index in [-0.39, 0.29) is 16.0 Å². The maximum absolute atomic E-state index is 11.5. The van der Waals surface area contributed by atoms with Gasteiger partial charge in [0.05, 0.1) is 4.83 Å². The van der Waals surface area contributed by atoms with Crippen molar-refractivity contribution in [1.29, 1.82) is 0 Å². The van der Waals surface area contributed by atoms with Crippen LogP contribution in [0.15, 0.2) is 24.3 Å². The van der Waals surface area contributed by atoms with Crippen LogP contribution in [0.4, 0.5) is 0 Å². The van der Waals surface area contributed by atoms with Gasteiger partial charge in [-0.2, -0.15) is 0 Å². The quantitative estimate of drug-likeness (QED) is 0.759. The van der Waals surface area contributed by atoms with Crippen molar-refractivity contribution in [1.82, 2.24) is 0 Å². The SMILES string of the molecule is CCC(=O)C(Br)Cc1ccc(C(C)(C)C)cc1.